The highest BCUT2D eigenvalue weighted by Gasteiger charge is 2.55. The van der Waals surface area contributed by atoms with Crippen molar-refractivity contribution in [3.05, 3.63) is 41.6 Å². The number of rotatable bonds is 4. The number of benzene rings is 1. The van der Waals surface area contributed by atoms with Crippen LogP contribution in [0.5, 0.6) is 17.2 Å². The second-order valence-electron chi connectivity index (χ2n) is 6.93. The molecule has 0 saturated heterocycles. The van der Waals surface area contributed by atoms with Crippen molar-refractivity contribution >= 4 is 23.0 Å². The molecule has 3 aliphatic heterocycles. The van der Waals surface area contributed by atoms with Crippen LogP contribution in [-0.4, -0.2) is 29.9 Å². The zero-order chi connectivity index (χ0) is 17.7. The molecule has 6 heteroatoms. The Bertz CT molecular complexity index is 901. The molecule has 0 aliphatic carbocycles. The quantitative estimate of drug-likeness (QED) is 0.604. The van der Waals surface area contributed by atoms with Crippen LogP contribution < -0.4 is 19.1 Å². The van der Waals surface area contributed by atoms with Gasteiger partial charge < -0.3 is 19.1 Å². The summed E-state index contributed by atoms with van der Waals surface area (Å²) in [5.41, 5.74) is 1.71. The van der Waals surface area contributed by atoms with Crippen LogP contribution in [0.15, 0.2) is 30.5 Å². The van der Waals surface area contributed by atoms with Crippen molar-refractivity contribution in [1.29, 1.82) is 0 Å². The van der Waals surface area contributed by atoms with Crippen molar-refractivity contribution in [2.75, 3.05) is 24.8 Å². The first-order chi connectivity index (χ1) is 12.8. The molecule has 26 heavy (non-hydrogen) atoms. The third kappa shape index (κ3) is 2.02. The number of aromatic nitrogens is 1. The Balaban J connectivity index is 1.63. The minimum atomic E-state index is -0.471. The van der Waals surface area contributed by atoms with Crippen molar-refractivity contribution in [2.24, 2.45) is 0 Å². The topological polar surface area (TPSA) is 43.8 Å². The number of fused-ring (bicyclic) bond motifs is 5. The Morgan fingerprint density at radius 3 is 2.81 bits per heavy atom. The fourth-order valence-electron chi connectivity index (χ4n) is 4.15. The van der Waals surface area contributed by atoms with Crippen molar-refractivity contribution in [3.63, 3.8) is 0 Å². The van der Waals surface area contributed by atoms with Gasteiger partial charge in [0.05, 0.1) is 0 Å². The monoisotopic (exact) mass is 368 g/mol. The van der Waals surface area contributed by atoms with E-state index in [0.29, 0.717) is 6.61 Å². The van der Waals surface area contributed by atoms with Crippen LogP contribution in [0.1, 0.15) is 37.3 Å². The number of unbranched alkanes of at least 4 members (excludes halogenated alkanes) is 2. The number of nitrogens with zero attached hydrogens (tertiary/aromatic N) is 2. The van der Waals surface area contributed by atoms with E-state index in [1.54, 1.807) is 0 Å². The van der Waals surface area contributed by atoms with E-state index in [1.807, 2.05) is 24.4 Å². The second kappa shape index (κ2) is 5.84. The molecule has 0 fully saturated rings. The molecule has 0 bridgehead atoms. The molecule has 0 N–H and O–H groups in total. The van der Waals surface area contributed by atoms with Crippen LogP contribution in [-0.2, 0) is 5.41 Å². The molecule has 0 radical (unpaired) electrons. The molecular weight excluding hydrogens is 348 g/mol. The van der Waals surface area contributed by atoms with Gasteiger partial charge in [0.2, 0.25) is 6.79 Å². The van der Waals surface area contributed by atoms with E-state index in [1.165, 1.54) is 12.8 Å². The van der Waals surface area contributed by atoms with Gasteiger partial charge in [-0.25, -0.2) is 4.98 Å². The van der Waals surface area contributed by atoms with Gasteiger partial charge >= 0.3 is 0 Å². The van der Waals surface area contributed by atoms with Crippen LogP contribution in [0.2, 0.25) is 0 Å². The lowest BCUT2D eigenvalue weighted by atomic mass is 9.78. The third-order valence-electron chi connectivity index (χ3n) is 5.48. The van der Waals surface area contributed by atoms with Gasteiger partial charge in [0, 0.05) is 29.9 Å². The number of pyridine rings is 1. The van der Waals surface area contributed by atoms with Gasteiger partial charge in [-0.05, 0) is 18.6 Å². The summed E-state index contributed by atoms with van der Waals surface area (Å²) in [6.45, 7) is 3.84. The van der Waals surface area contributed by atoms with Gasteiger partial charge in [-0.2, -0.15) is 0 Å². The summed E-state index contributed by atoms with van der Waals surface area (Å²) in [6, 6.07) is 8.05. The van der Waals surface area contributed by atoms with E-state index in [4.69, 9.17) is 26.4 Å². The molecule has 1 aromatic carbocycles. The Hall–Kier alpha value is -2.34. The average Bonchev–Trinajstić information content (AvgIpc) is 3.33. The molecule has 1 atom stereocenters. The second-order valence-corrected chi connectivity index (χ2v) is 7.32. The molecule has 1 unspecified atom stereocenters. The molecule has 5 rings (SSSR count). The maximum Gasteiger partial charge on any atom is 0.231 e. The molecule has 0 saturated carbocycles. The van der Waals surface area contributed by atoms with E-state index >= 15 is 0 Å². The number of thiocarbonyl (C=S) groups is 1. The van der Waals surface area contributed by atoms with Crippen molar-refractivity contribution in [2.45, 2.75) is 31.6 Å². The SMILES string of the molecule is CCCCCN1C(=S)C2(COc3cc4c(cc32)OCO4)c2cccnc21. The van der Waals surface area contributed by atoms with Crippen LogP contribution in [0.4, 0.5) is 5.82 Å². The number of ether oxygens (including phenoxy) is 3. The van der Waals surface area contributed by atoms with Gasteiger partial charge in [-0.15, -0.1) is 0 Å². The van der Waals surface area contributed by atoms with Crippen LogP contribution >= 0.6 is 12.2 Å². The molecule has 2 aromatic rings. The lowest BCUT2D eigenvalue weighted by molar-refractivity contribution is 0.173. The lowest BCUT2D eigenvalue weighted by Crippen LogP contribution is -2.41. The van der Waals surface area contributed by atoms with E-state index < -0.39 is 5.41 Å². The summed E-state index contributed by atoms with van der Waals surface area (Å²) in [7, 11) is 0. The molecule has 5 nitrogen and oxygen atoms in total. The minimum Gasteiger partial charge on any atom is -0.491 e. The standard InChI is InChI=1S/C20H20N2O3S/c1-2-3-4-8-22-18-13(6-5-7-21-18)20(19(22)26)11-23-15-10-17-16(9-14(15)20)24-12-25-17/h5-7,9-10H,2-4,8,11-12H2,1H3. The van der Waals surface area contributed by atoms with E-state index in [9.17, 15) is 0 Å². The maximum absolute atomic E-state index is 6.09. The van der Waals surface area contributed by atoms with Crippen LogP contribution in [0.3, 0.4) is 0 Å². The number of hydrogen-bond acceptors (Lipinski definition) is 5. The van der Waals surface area contributed by atoms with Gasteiger partial charge in [0.1, 0.15) is 28.6 Å². The first kappa shape index (κ1) is 15.9. The third-order valence-corrected chi connectivity index (χ3v) is 6.05. The lowest BCUT2D eigenvalue weighted by Gasteiger charge is -2.26. The molecule has 1 spiro atoms. The average molecular weight is 368 g/mol. The highest BCUT2D eigenvalue weighted by molar-refractivity contribution is 7.80. The van der Waals surface area contributed by atoms with E-state index in [-0.39, 0.29) is 6.79 Å². The Kier molecular flexibility index (Phi) is 3.57. The normalized spacial score (nSPS) is 21.9. The Morgan fingerprint density at radius 1 is 1.12 bits per heavy atom. The number of hydrogen-bond donors (Lipinski definition) is 0. The van der Waals surface area contributed by atoms with Gasteiger partial charge in [-0.1, -0.05) is 38.0 Å². The molecule has 0 amide bonds. The summed E-state index contributed by atoms with van der Waals surface area (Å²) in [5.74, 6) is 3.27. The van der Waals surface area contributed by atoms with E-state index in [2.05, 4.69) is 22.9 Å². The first-order valence-electron chi connectivity index (χ1n) is 9.10. The Morgan fingerprint density at radius 2 is 1.96 bits per heavy atom. The van der Waals surface area contributed by atoms with Gasteiger partial charge in [0.15, 0.2) is 11.5 Å². The minimum absolute atomic E-state index is 0.247. The van der Waals surface area contributed by atoms with E-state index in [0.717, 1.165) is 52.1 Å². The zero-order valence-corrected chi connectivity index (χ0v) is 15.5. The molecule has 3 aliphatic rings. The summed E-state index contributed by atoms with van der Waals surface area (Å²) < 4.78 is 17.2. The molecule has 1 aromatic heterocycles. The van der Waals surface area contributed by atoms with Gasteiger partial charge in [-0.3, -0.25) is 0 Å². The number of anilines is 1. The Labute approximate surface area is 157 Å². The summed E-state index contributed by atoms with van der Waals surface area (Å²) >= 11 is 6.01. The summed E-state index contributed by atoms with van der Waals surface area (Å²) in [6.07, 6.45) is 5.29. The predicted octanol–water partition coefficient (Wildman–Crippen LogP) is 3.83. The van der Waals surface area contributed by atoms with Crippen molar-refractivity contribution in [1.82, 2.24) is 4.98 Å². The summed E-state index contributed by atoms with van der Waals surface area (Å²) in [5, 5.41) is 0. The molecule has 4 heterocycles. The largest absolute Gasteiger partial charge is 0.491 e. The predicted molar refractivity (Wildman–Crippen MR) is 103 cm³/mol. The van der Waals surface area contributed by atoms with Crippen molar-refractivity contribution < 1.29 is 14.2 Å². The first-order valence-corrected chi connectivity index (χ1v) is 9.51. The summed E-state index contributed by atoms with van der Waals surface area (Å²) in [4.78, 5) is 7.73. The highest BCUT2D eigenvalue weighted by atomic mass is 32.1. The zero-order valence-electron chi connectivity index (χ0n) is 14.7. The van der Waals surface area contributed by atoms with Gasteiger partial charge in [0.25, 0.3) is 0 Å². The highest BCUT2D eigenvalue weighted by Crippen LogP contribution is 2.54. The fourth-order valence-corrected chi connectivity index (χ4v) is 4.61. The molecular formula is C20H20N2O3S. The smallest absolute Gasteiger partial charge is 0.231 e. The van der Waals surface area contributed by atoms with Crippen LogP contribution in [0.25, 0.3) is 0 Å². The maximum atomic E-state index is 6.09. The van der Waals surface area contributed by atoms with Crippen LogP contribution in [0, 0.1) is 0 Å². The molecule has 134 valence electrons. The fraction of sp³-hybridized carbons (Fsp3) is 0.400. The van der Waals surface area contributed by atoms with Crippen molar-refractivity contribution in [3.8, 4) is 17.2 Å².